The number of likely N-dealkylation sites (N-methyl/N-ethyl adjacent to an activating group) is 1. The van der Waals surface area contributed by atoms with Crippen molar-refractivity contribution in [2.75, 3.05) is 31.2 Å². The summed E-state index contributed by atoms with van der Waals surface area (Å²) in [6.07, 6.45) is 3.48. The van der Waals surface area contributed by atoms with Gasteiger partial charge in [-0.05, 0) is 44.7 Å². The van der Waals surface area contributed by atoms with Crippen LogP contribution in [0.3, 0.4) is 0 Å². The molecule has 2 rings (SSSR count). The second-order valence-electron chi connectivity index (χ2n) is 4.91. The molecule has 4 nitrogen and oxygen atoms in total. The molecule has 4 heteroatoms. The van der Waals surface area contributed by atoms with Crippen molar-refractivity contribution in [1.82, 2.24) is 4.98 Å². The van der Waals surface area contributed by atoms with Crippen LogP contribution in [0.2, 0.25) is 0 Å². The fourth-order valence-electron chi connectivity index (χ4n) is 2.67. The van der Waals surface area contributed by atoms with Gasteiger partial charge in [0.15, 0.2) is 0 Å². The summed E-state index contributed by atoms with van der Waals surface area (Å²) in [5.41, 5.74) is 9.72. The van der Waals surface area contributed by atoms with E-state index in [-0.39, 0.29) is 0 Å². The molecule has 2 N–H and O–H groups in total. The lowest BCUT2D eigenvalue weighted by Crippen LogP contribution is -2.29. The van der Waals surface area contributed by atoms with Crippen molar-refractivity contribution in [3.63, 3.8) is 0 Å². The van der Waals surface area contributed by atoms with E-state index in [0.29, 0.717) is 6.54 Å². The molecular formula is C15H25N3O. The molecule has 0 bridgehead atoms. The quantitative estimate of drug-likeness (QED) is 0.763. The van der Waals surface area contributed by atoms with Crippen molar-refractivity contribution < 1.29 is 4.74 Å². The predicted molar refractivity (Wildman–Crippen MR) is 78.5 cm³/mol. The van der Waals surface area contributed by atoms with E-state index in [9.17, 15) is 0 Å². The zero-order valence-electron chi connectivity index (χ0n) is 12.1. The maximum Gasteiger partial charge on any atom is 0.133 e. The predicted octanol–water partition coefficient (Wildman–Crippen LogP) is 1.89. The number of aryl methyl sites for hydroxylation is 2. The zero-order chi connectivity index (χ0) is 13.7. The highest BCUT2D eigenvalue weighted by Gasteiger charge is 2.18. The molecular weight excluding hydrogens is 238 g/mol. The van der Waals surface area contributed by atoms with E-state index in [0.717, 1.165) is 45.0 Å². The van der Waals surface area contributed by atoms with Gasteiger partial charge >= 0.3 is 0 Å². The summed E-state index contributed by atoms with van der Waals surface area (Å²) in [7, 11) is 0. The molecule has 0 saturated heterocycles. The molecule has 0 amide bonds. The number of hydrogen-bond acceptors (Lipinski definition) is 4. The molecule has 106 valence electrons. The Hall–Kier alpha value is -1.13. The Morgan fingerprint density at radius 2 is 2.21 bits per heavy atom. The van der Waals surface area contributed by atoms with Crippen LogP contribution < -0.4 is 10.6 Å². The van der Waals surface area contributed by atoms with Crippen LogP contribution >= 0.6 is 0 Å². The second-order valence-corrected chi connectivity index (χ2v) is 4.91. The van der Waals surface area contributed by atoms with E-state index in [1.165, 1.54) is 23.2 Å². The average molecular weight is 263 g/mol. The highest BCUT2D eigenvalue weighted by molar-refractivity contribution is 5.51. The minimum Gasteiger partial charge on any atom is -0.380 e. The monoisotopic (exact) mass is 263 g/mol. The number of nitrogens with zero attached hydrogens (tertiary/aromatic N) is 2. The van der Waals surface area contributed by atoms with Gasteiger partial charge in [-0.15, -0.1) is 0 Å². The van der Waals surface area contributed by atoms with Gasteiger partial charge in [-0.2, -0.15) is 0 Å². The topological polar surface area (TPSA) is 51.4 Å². The molecule has 19 heavy (non-hydrogen) atoms. The second kappa shape index (κ2) is 6.87. The number of fused-ring (bicyclic) bond motifs is 1. The smallest absolute Gasteiger partial charge is 0.133 e. The maximum atomic E-state index is 5.89. The van der Waals surface area contributed by atoms with Crippen LogP contribution in [0, 0.1) is 0 Å². The molecule has 0 aromatic carbocycles. The molecule has 1 heterocycles. The lowest BCUT2D eigenvalue weighted by molar-refractivity contribution is 0.154. The summed E-state index contributed by atoms with van der Waals surface area (Å²) >= 11 is 0. The van der Waals surface area contributed by atoms with Crippen LogP contribution in [-0.2, 0) is 24.1 Å². The van der Waals surface area contributed by atoms with E-state index in [4.69, 9.17) is 15.5 Å². The number of rotatable bonds is 7. The number of hydrogen-bond donors (Lipinski definition) is 1. The molecule has 0 spiro atoms. The van der Waals surface area contributed by atoms with Gasteiger partial charge in [0, 0.05) is 37.5 Å². The van der Waals surface area contributed by atoms with Gasteiger partial charge < -0.3 is 15.4 Å². The van der Waals surface area contributed by atoms with Gasteiger partial charge in [0.2, 0.25) is 0 Å². The SMILES string of the molecule is CCOCCN(CC)c1nc2c(cc1CN)CCC2. The Bertz CT molecular complexity index is 420. The maximum absolute atomic E-state index is 5.89. The van der Waals surface area contributed by atoms with Crippen molar-refractivity contribution >= 4 is 5.82 Å². The third-order valence-corrected chi connectivity index (χ3v) is 3.72. The lowest BCUT2D eigenvalue weighted by Gasteiger charge is -2.25. The van der Waals surface area contributed by atoms with Crippen LogP contribution in [0.4, 0.5) is 5.82 Å². The number of pyridine rings is 1. The van der Waals surface area contributed by atoms with Gasteiger partial charge in [0.1, 0.15) is 5.82 Å². The Morgan fingerprint density at radius 1 is 1.37 bits per heavy atom. The molecule has 0 unspecified atom stereocenters. The van der Waals surface area contributed by atoms with Crippen LogP contribution in [0.1, 0.15) is 37.1 Å². The van der Waals surface area contributed by atoms with E-state index >= 15 is 0 Å². The van der Waals surface area contributed by atoms with Crippen LogP contribution in [0.15, 0.2) is 6.07 Å². The van der Waals surface area contributed by atoms with Gasteiger partial charge in [0.05, 0.1) is 6.61 Å². The first-order valence-corrected chi connectivity index (χ1v) is 7.34. The minimum absolute atomic E-state index is 0.556. The average Bonchev–Trinajstić information content (AvgIpc) is 2.89. The highest BCUT2D eigenvalue weighted by atomic mass is 16.5. The Balaban J connectivity index is 2.20. The third kappa shape index (κ3) is 3.25. The van der Waals surface area contributed by atoms with Crippen molar-refractivity contribution in [3.05, 3.63) is 22.9 Å². The van der Waals surface area contributed by atoms with E-state index in [1.807, 2.05) is 6.92 Å². The fourth-order valence-corrected chi connectivity index (χ4v) is 2.67. The number of ether oxygens (including phenoxy) is 1. The van der Waals surface area contributed by atoms with Crippen molar-refractivity contribution in [1.29, 1.82) is 0 Å². The molecule has 1 aromatic heterocycles. The van der Waals surface area contributed by atoms with Crippen molar-refractivity contribution in [2.24, 2.45) is 5.73 Å². The van der Waals surface area contributed by atoms with Crippen LogP contribution in [-0.4, -0.2) is 31.3 Å². The van der Waals surface area contributed by atoms with E-state index < -0.39 is 0 Å². The molecule has 1 aromatic rings. The summed E-state index contributed by atoms with van der Waals surface area (Å²) in [6, 6.07) is 2.26. The van der Waals surface area contributed by atoms with Crippen molar-refractivity contribution in [2.45, 2.75) is 39.7 Å². The molecule has 1 aliphatic rings. The molecule has 0 saturated carbocycles. The summed E-state index contributed by atoms with van der Waals surface area (Å²) in [5, 5.41) is 0. The third-order valence-electron chi connectivity index (χ3n) is 3.72. The van der Waals surface area contributed by atoms with E-state index in [2.05, 4.69) is 17.9 Å². The lowest BCUT2D eigenvalue weighted by atomic mass is 10.1. The van der Waals surface area contributed by atoms with Gasteiger partial charge in [0.25, 0.3) is 0 Å². The molecule has 1 aliphatic carbocycles. The molecule has 0 atom stereocenters. The van der Waals surface area contributed by atoms with Crippen LogP contribution in [0.5, 0.6) is 0 Å². The van der Waals surface area contributed by atoms with Crippen molar-refractivity contribution in [3.8, 4) is 0 Å². The largest absolute Gasteiger partial charge is 0.380 e. The number of anilines is 1. The number of nitrogens with two attached hydrogens (primary N) is 1. The summed E-state index contributed by atoms with van der Waals surface area (Å²) in [5.74, 6) is 1.06. The molecule has 0 aliphatic heterocycles. The first-order chi connectivity index (χ1) is 9.30. The summed E-state index contributed by atoms with van der Waals surface area (Å²) in [4.78, 5) is 7.14. The Kier molecular flexibility index (Phi) is 5.16. The highest BCUT2D eigenvalue weighted by Crippen LogP contribution is 2.27. The van der Waals surface area contributed by atoms with Crippen LogP contribution in [0.25, 0.3) is 0 Å². The Labute approximate surface area is 116 Å². The molecule has 0 radical (unpaired) electrons. The summed E-state index contributed by atoms with van der Waals surface area (Å²) < 4.78 is 5.45. The minimum atomic E-state index is 0.556. The summed E-state index contributed by atoms with van der Waals surface area (Å²) in [6.45, 7) is 8.05. The fraction of sp³-hybridized carbons (Fsp3) is 0.667. The number of aromatic nitrogens is 1. The van der Waals surface area contributed by atoms with Gasteiger partial charge in [-0.25, -0.2) is 4.98 Å². The van der Waals surface area contributed by atoms with Gasteiger partial charge in [-0.3, -0.25) is 0 Å². The zero-order valence-corrected chi connectivity index (χ0v) is 12.1. The normalized spacial score (nSPS) is 13.6. The molecule has 0 fully saturated rings. The van der Waals surface area contributed by atoms with E-state index in [1.54, 1.807) is 0 Å². The van der Waals surface area contributed by atoms with Gasteiger partial charge in [-0.1, -0.05) is 0 Å². The first-order valence-electron chi connectivity index (χ1n) is 7.34. The Morgan fingerprint density at radius 3 is 2.89 bits per heavy atom. The standard InChI is InChI=1S/C15H25N3O/c1-3-18(8-9-19-4-2)15-13(11-16)10-12-6-5-7-14(12)17-15/h10H,3-9,11,16H2,1-2H3. The first kappa shape index (κ1) is 14.3.